The molecule has 0 atom stereocenters. The lowest BCUT2D eigenvalue weighted by Gasteiger charge is -2.36. The first-order chi connectivity index (χ1) is 19.1. The van der Waals surface area contributed by atoms with E-state index in [1.807, 2.05) is 36.4 Å². The number of anilines is 1. The topological polar surface area (TPSA) is 65.8 Å². The molecular weight excluding hydrogens is 510 g/mol. The molecule has 6 nitrogen and oxygen atoms in total. The van der Waals surface area contributed by atoms with Crippen molar-refractivity contribution >= 4 is 40.0 Å². The molecule has 196 valence electrons. The number of hydrogen-bond acceptors (Lipinski definition) is 5. The van der Waals surface area contributed by atoms with Gasteiger partial charge in [-0.05, 0) is 58.3 Å². The van der Waals surface area contributed by atoms with Gasteiger partial charge in [0.05, 0.1) is 12.1 Å². The van der Waals surface area contributed by atoms with Crippen molar-refractivity contribution in [3.05, 3.63) is 107 Å². The van der Waals surface area contributed by atoms with Crippen molar-refractivity contribution in [3.63, 3.8) is 0 Å². The van der Waals surface area contributed by atoms with Crippen LogP contribution in [0.25, 0.3) is 16.8 Å². The Morgan fingerprint density at radius 3 is 2.38 bits per heavy atom. The lowest BCUT2D eigenvalue weighted by molar-refractivity contribution is -0.126. The number of amides is 1. The van der Waals surface area contributed by atoms with E-state index < -0.39 is 0 Å². The molecule has 4 aromatic carbocycles. The second kappa shape index (κ2) is 11.9. The highest BCUT2D eigenvalue weighted by atomic mass is 35.5. The molecule has 1 fully saturated rings. The van der Waals surface area contributed by atoms with E-state index in [0.29, 0.717) is 54.9 Å². The largest absolute Gasteiger partial charge is 0.493 e. The first kappa shape index (κ1) is 26.1. The van der Waals surface area contributed by atoms with Gasteiger partial charge in [-0.15, -0.1) is 0 Å². The molecule has 0 spiro atoms. The number of carbonyl (C=O) groups excluding carboxylic acids is 1. The fraction of sp³-hybridized carbons (Fsp3) is 0.188. The Bertz CT molecular complexity index is 1550. The zero-order chi connectivity index (χ0) is 27.2. The molecule has 1 aliphatic heterocycles. The summed E-state index contributed by atoms with van der Waals surface area (Å²) in [4.78, 5) is 17.1. The Morgan fingerprint density at radius 1 is 0.949 bits per heavy atom. The van der Waals surface area contributed by atoms with Crippen LogP contribution in [0.3, 0.4) is 0 Å². The summed E-state index contributed by atoms with van der Waals surface area (Å²) < 4.78 is 11.6. The maximum Gasteiger partial charge on any atom is 0.264 e. The van der Waals surface area contributed by atoms with Gasteiger partial charge in [-0.1, -0.05) is 66.2 Å². The lowest BCUT2D eigenvalue weighted by atomic mass is 10.1. The Balaban J connectivity index is 1.28. The zero-order valence-electron chi connectivity index (χ0n) is 21.6. The highest BCUT2D eigenvalue weighted by Crippen LogP contribution is 2.37. The molecule has 0 aliphatic carbocycles. The van der Waals surface area contributed by atoms with Crippen LogP contribution >= 0.6 is 11.6 Å². The Kier molecular flexibility index (Phi) is 8.00. The summed E-state index contributed by atoms with van der Waals surface area (Å²) in [6.45, 7) is 2.80. The molecule has 0 radical (unpaired) electrons. The van der Waals surface area contributed by atoms with Gasteiger partial charge in [0.25, 0.3) is 5.91 Å². The van der Waals surface area contributed by atoms with Gasteiger partial charge < -0.3 is 19.3 Å². The minimum Gasteiger partial charge on any atom is -0.493 e. The van der Waals surface area contributed by atoms with E-state index in [0.717, 1.165) is 22.0 Å². The summed E-state index contributed by atoms with van der Waals surface area (Å²) in [6.07, 6.45) is 1.55. The number of methoxy groups -OCH3 is 1. The van der Waals surface area contributed by atoms with E-state index in [9.17, 15) is 10.1 Å². The summed E-state index contributed by atoms with van der Waals surface area (Å²) >= 11 is 6.59. The number of rotatable bonds is 7. The quantitative estimate of drug-likeness (QED) is 0.203. The van der Waals surface area contributed by atoms with Crippen LogP contribution in [0, 0.1) is 11.3 Å². The molecule has 0 N–H and O–H groups in total. The number of hydrogen-bond donors (Lipinski definition) is 0. The minimum absolute atomic E-state index is 0.0473. The number of carbonyl (C=O) groups is 1. The van der Waals surface area contributed by atoms with Gasteiger partial charge in [-0.25, -0.2) is 0 Å². The maximum atomic E-state index is 13.2. The Hall–Kier alpha value is -4.47. The molecule has 1 heterocycles. The molecule has 0 unspecified atom stereocenters. The smallest absolute Gasteiger partial charge is 0.264 e. The number of nitriles is 1. The van der Waals surface area contributed by atoms with E-state index in [1.165, 1.54) is 7.11 Å². The minimum atomic E-state index is -0.295. The third kappa shape index (κ3) is 6.00. The van der Waals surface area contributed by atoms with Gasteiger partial charge in [0.1, 0.15) is 18.2 Å². The molecule has 1 aliphatic rings. The summed E-state index contributed by atoms with van der Waals surface area (Å²) in [6, 6.07) is 29.9. The standard InChI is InChI=1S/C32H28ClN3O3/c1-38-30-20-24(19-29(33)31(30)39-22-23-11-12-25-7-5-6-8-26(25)17-23)18-27(21-34)32(37)36-15-13-35(14-16-36)28-9-3-2-4-10-28/h2-12,17-20H,13-16,22H2,1H3/b27-18-. The van der Waals surface area contributed by atoms with Crippen LogP contribution in [0.4, 0.5) is 5.69 Å². The second-order valence-electron chi connectivity index (χ2n) is 9.29. The molecule has 4 aromatic rings. The average Bonchev–Trinajstić information content (AvgIpc) is 2.99. The molecular formula is C32H28ClN3O3. The van der Waals surface area contributed by atoms with E-state index in [-0.39, 0.29) is 11.5 Å². The molecule has 0 bridgehead atoms. The fourth-order valence-electron chi connectivity index (χ4n) is 4.73. The summed E-state index contributed by atoms with van der Waals surface area (Å²) in [7, 11) is 1.53. The third-order valence-electron chi connectivity index (χ3n) is 6.80. The number of para-hydroxylation sites is 1. The van der Waals surface area contributed by atoms with Crippen LogP contribution in [-0.4, -0.2) is 44.1 Å². The van der Waals surface area contributed by atoms with Gasteiger partial charge in [-0.3, -0.25) is 4.79 Å². The predicted octanol–water partition coefficient (Wildman–Crippen LogP) is 6.34. The van der Waals surface area contributed by atoms with Crippen LogP contribution in [0.5, 0.6) is 11.5 Å². The first-order valence-electron chi connectivity index (χ1n) is 12.7. The molecule has 5 rings (SSSR count). The molecule has 7 heteroatoms. The normalized spacial score (nSPS) is 13.7. The molecule has 1 saturated heterocycles. The molecule has 0 saturated carbocycles. The van der Waals surface area contributed by atoms with Crippen LogP contribution < -0.4 is 14.4 Å². The number of nitrogens with zero attached hydrogens (tertiary/aromatic N) is 3. The van der Waals surface area contributed by atoms with Crippen LogP contribution in [0.1, 0.15) is 11.1 Å². The van der Waals surface area contributed by atoms with E-state index in [2.05, 4.69) is 47.4 Å². The van der Waals surface area contributed by atoms with Crippen LogP contribution in [0.15, 0.2) is 90.5 Å². The van der Waals surface area contributed by atoms with Crippen molar-refractivity contribution in [1.29, 1.82) is 5.26 Å². The Morgan fingerprint density at radius 2 is 1.67 bits per heavy atom. The number of piperazine rings is 1. The van der Waals surface area contributed by atoms with Gasteiger partial charge in [0, 0.05) is 31.9 Å². The maximum absolute atomic E-state index is 13.2. The number of ether oxygens (including phenoxy) is 2. The van der Waals surface area contributed by atoms with E-state index in [4.69, 9.17) is 21.1 Å². The number of halogens is 1. The van der Waals surface area contributed by atoms with Crippen molar-refractivity contribution in [2.45, 2.75) is 6.61 Å². The van der Waals surface area contributed by atoms with Gasteiger partial charge in [0.2, 0.25) is 0 Å². The van der Waals surface area contributed by atoms with Crippen molar-refractivity contribution in [3.8, 4) is 17.6 Å². The van der Waals surface area contributed by atoms with Crippen molar-refractivity contribution in [1.82, 2.24) is 4.90 Å². The summed E-state index contributed by atoms with van der Waals surface area (Å²) in [5.41, 5.74) is 2.76. The van der Waals surface area contributed by atoms with Crippen molar-refractivity contribution < 1.29 is 14.3 Å². The highest BCUT2D eigenvalue weighted by molar-refractivity contribution is 6.32. The van der Waals surface area contributed by atoms with E-state index >= 15 is 0 Å². The molecule has 1 amide bonds. The SMILES string of the molecule is COc1cc(/C=C(/C#N)C(=O)N2CCN(c3ccccc3)CC2)cc(Cl)c1OCc1ccc2ccccc2c1. The van der Waals surface area contributed by atoms with E-state index in [1.54, 1.807) is 23.1 Å². The monoisotopic (exact) mass is 537 g/mol. The Labute approximate surface area is 233 Å². The van der Waals surface area contributed by atoms with Crippen molar-refractivity contribution in [2.75, 3.05) is 38.2 Å². The van der Waals surface area contributed by atoms with Gasteiger partial charge >= 0.3 is 0 Å². The van der Waals surface area contributed by atoms with Gasteiger partial charge in [0.15, 0.2) is 11.5 Å². The molecule has 39 heavy (non-hydrogen) atoms. The number of benzene rings is 4. The van der Waals surface area contributed by atoms with Crippen molar-refractivity contribution in [2.24, 2.45) is 0 Å². The highest BCUT2D eigenvalue weighted by Gasteiger charge is 2.24. The van der Waals surface area contributed by atoms with Gasteiger partial charge in [-0.2, -0.15) is 5.26 Å². The zero-order valence-corrected chi connectivity index (χ0v) is 22.4. The lowest BCUT2D eigenvalue weighted by Crippen LogP contribution is -2.49. The first-order valence-corrected chi connectivity index (χ1v) is 13.1. The average molecular weight is 538 g/mol. The third-order valence-corrected chi connectivity index (χ3v) is 7.08. The molecule has 0 aromatic heterocycles. The van der Waals surface area contributed by atoms with Crippen LogP contribution in [-0.2, 0) is 11.4 Å². The summed E-state index contributed by atoms with van der Waals surface area (Å²) in [5, 5.41) is 12.4. The predicted molar refractivity (Wildman–Crippen MR) is 155 cm³/mol. The fourth-order valence-corrected chi connectivity index (χ4v) is 5.01. The number of fused-ring (bicyclic) bond motifs is 1. The second-order valence-corrected chi connectivity index (χ2v) is 9.70. The summed E-state index contributed by atoms with van der Waals surface area (Å²) in [5.74, 6) is 0.541. The van der Waals surface area contributed by atoms with Crippen LogP contribution in [0.2, 0.25) is 5.02 Å².